The van der Waals surface area contributed by atoms with Crippen LogP contribution >= 0.6 is 0 Å². The van der Waals surface area contributed by atoms with E-state index in [2.05, 4.69) is 23.4 Å². The zero-order chi connectivity index (χ0) is 16.6. The normalized spacial score (nSPS) is 11.5. The molecule has 6 heteroatoms. The van der Waals surface area contributed by atoms with Crippen LogP contribution in [0.2, 0.25) is 0 Å². The van der Waals surface area contributed by atoms with Crippen LogP contribution in [-0.4, -0.2) is 14.1 Å². The third-order valence-electron chi connectivity index (χ3n) is 3.76. The Morgan fingerprint density at radius 3 is 2.83 bits per heavy atom. The number of hydrogen-bond donors (Lipinski definition) is 1. The van der Waals surface area contributed by atoms with Gasteiger partial charge in [0.15, 0.2) is 0 Å². The molecule has 0 saturated carbocycles. The molecule has 2 aromatic heterocycles. The van der Waals surface area contributed by atoms with E-state index in [9.17, 15) is 9.18 Å². The van der Waals surface area contributed by atoms with Gasteiger partial charge in [-0.25, -0.2) is 9.37 Å². The van der Waals surface area contributed by atoms with Crippen molar-refractivity contribution in [3.8, 4) is 0 Å². The molecule has 3 aromatic rings. The lowest BCUT2D eigenvalue weighted by Gasteiger charge is -2.14. The fraction of sp³-hybridized carbons (Fsp3) is 0.294. The van der Waals surface area contributed by atoms with E-state index < -0.39 is 0 Å². The van der Waals surface area contributed by atoms with Gasteiger partial charge in [-0.3, -0.25) is 9.36 Å². The predicted molar refractivity (Wildman–Crippen MR) is 88.7 cm³/mol. The average Bonchev–Trinajstić information content (AvgIpc) is 2.80. The van der Waals surface area contributed by atoms with E-state index in [-0.39, 0.29) is 17.1 Å². The maximum atomic E-state index is 13.5. The zero-order valence-corrected chi connectivity index (χ0v) is 13.2. The quantitative estimate of drug-likeness (QED) is 0.805. The van der Waals surface area contributed by atoms with E-state index in [0.717, 1.165) is 23.1 Å². The molecule has 0 unspecified atom stereocenters. The molecule has 1 aromatic carbocycles. The second-order valence-corrected chi connectivity index (χ2v) is 6.13. The Hall–Kier alpha value is -2.63. The third kappa shape index (κ3) is 2.97. The van der Waals surface area contributed by atoms with E-state index in [0.29, 0.717) is 12.5 Å². The first kappa shape index (κ1) is 15.3. The molecule has 2 N–H and O–H groups in total. The van der Waals surface area contributed by atoms with Crippen molar-refractivity contribution in [2.75, 3.05) is 5.73 Å². The van der Waals surface area contributed by atoms with Crippen molar-refractivity contribution in [2.45, 2.75) is 26.9 Å². The van der Waals surface area contributed by atoms with Gasteiger partial charge < -0.3 is 10.3 Å². The number of halogens is 1. The fourth-order valence-electron chi connectivity index (χ4n) is 2.77. The van der Waals surface area contributed by atoms with Gasteiger partial charge in [0.25, 0.3) is 5.56 Å². The van der Waals surface area contributed by atoms with Crippen LogP contribution in [0.25, 0.3) is 10.9 Å². The number of rotatable bonds is 4. The predicted octanol–water partition coefficient (Wildman–Crippen LogP) is 2.62. The number of nitrogens with two attached hydrogens (primary N) is 1. The number of fused-ring (bicyclic) bond motifs is 1. The Morgan fingerprint density at radius 2 is 2.09 bits per heavy atom. The van der Waals surface area contributed by atoms with E-state index in [1.165, 1.54) is 29.2 Å². The van der Waals surface area contributed by atoms with Gasteiger partial charge in [0.05, 0.1) is 19.1 Å². The molecular formula is C17H19FN4O. The van der Waals surface area contributed by atoms with Gasteiger partial charge in [0, 0.05) is 23.1 Å². The summed E-state index contributed by atoms with van der Waals surface area (Å²) < 4.78 is 17.1. The molecule has 0 amide bonds. The Bertz CT molecular complexity index is 911. The van der Waals surface area contributed by atoms with Crippen molar-refractivity contribution in [1.82, 2.24) is 14.1 Å². The molecule has 5 nitrogen and oxygen atoms in total. The van der Waals surface area contributed by atoms with E-state index in [4.69, 9.17) is 5.73 Å². The maximum Gasteiger partial charge on any atom is 0.276 e. The number of aromatic nitrogens is 3. The molecule has 3 rings (SSSR count). The van der Waals surface area contributed by atoms with Crippen molar-refractivity contribution >= 4 is 16.6 Å². The summed E-state index contributed by atoms with van der Waals surface area (Å²) in [5, 5.41) is 0.825. The largest absolute Gasteiger partial charge is 0.393 e. The van der Waals surface area contributed by atoms with E-state index in [1.54, 1.807) is 6.07 Å². The minimum absolute atomic E-state index is 0.116. The monoisotopic (exact) mass is 314 g/mol. The van der Waals surface area contributed by atoms with Crippen LogP contribution in [0.3, 0.4) is 0 Å². The molecule has 0 aliphatic rings. The first-order valence-corrected chi connectivity index (χ1v) is 7.53. The highest BCUT2D eigenvalue weighted by Crippen LogP contribution is 2.23. The van der Waals surface area contributed by atoms with Crippen molar-refractivity contribution in [3.05, 3.63) is 58.7 Å². The Labute approximate surface area is 133 Å². The molecule has 2 heterocycles. The van der Waals surface area contributed by atoms with E-state index in [1.807, 2.05) is 6.07 Å². The lowest BCUT2D eigenvalue weighted by Crippen LogP contribution is -2.24. The van der Waals surface area contributed by atoms with Gasteiger partial charge >= 0.3 is 0 Å². The van der Waals surface area contributed by atoms with E-state index >= 15 is 0 Å². The summed E-state index contributed by atoms with van der Waals surface area (Å²) in [7, 11) is 0. The van der Waals surface area contributed by atoms with Crippen LogP contribution in [0.15, 0.2) is 41.6 Å². The van der Waals surface area contributed by atoms with Crippen LogP contribution in [0.5, 0.6) is 0 Å². The van der Waals surface area contributed by atoms with Crippen LogP contribution in [-0.2, 0) is 13.1 Å². The smallest absolute Gasteiger partial charge is 0.276 e. The summed E-state index contributed by atoms with van der Waals surface area (Å²) in [6, 6.07) is 6.65. The second-order valence-electron chi connectivity index (χ2n) is 6.13. The van der Waals surface area contributed by atoms with Crippen molar-refractivity contribution in [1.29, 1.82) is 0 Å². The van der Waals surface area contributed by atoms with Crippen LogP contribution in [0.4, 0.5) is 10.1 Å². The van der Waals surface area contributed by atoms with Gasteiger partial charge in [-0.2, -0.15) is 0 Å². The molecule has 0 aliphatic heterocycles. The van der Waals surface area contributed by atoms with Crippen LogP contribution < -0.4 is 11.3 Å². The SMILES string of the molecule is CC(C)Cn1c(Cn2cncc(N)c2=O)cc2cc(F)ccc21. The lowest BCUT2D eigenvalue weighted by atomic mass is 10.2. The highest BCUT2D eigenvalue weighted by Gasteiger charge is 2.12. The highest BCUT2D eigenvalue weighted by atomic mass is 19.1. The Kier molecular flexibility index (Phi) is 3.90. The fourth-order valence-corrected chi connectivity index (χ4v) is 2.77. The van der Waals surface area contributed by atoms with Crippen molar-refractivity contribution < 1.29 is 4.39 Å². The number of anilines is 1. The van der Waals surface area contributed by atoms with Gasteiger partial charge in [-0.15, -0.1) is 0 Å². The molecule has 0 spiro atoms. The third-order valence-corrected chi connectivity index (χ3v) is 3.76. The Morgan fingerprint density at radius 1 is 1.30 bits per heavy atom. The summed E-state index contributed by atoms with van der Waals surface area (Å²) in [6.45, 7) is 5.37. The summed E-state index contributed by atoms with van der Waals surface area (Å²) in [5.74, 6) is 0.152. The number of nitrogens with zero attached hydrogens (tertiary/aromatic N) is 3. The second kappa shape index (κ2) is 5.87. The minimum Gasteiger partial charge on any atom is -0.393 e. The van der Waals surface area contributed by atoms with Gasteiger partial charge in [-0.05, 0) is 30.2 Å². The molecule has 120 valence electrons. The van der Waals surface area contributed by atoms with Crippen LogP contribution in [0, 0.1) is 11.7 Å². The first-order chi connectivity index (χ1) is 11.0. The maximum absolute atomic E-state index is 13.5. The molecular weight excluding hydrogens is 295 g/mol. The minimum atomic E-state index is -0.271. The molecule has 0 fully saturated rings. The average molecular weight is 314 g/mol. The summed E-state index contributed by atoms with van der Waals surface area (Å²) in [4.78, 5) is 16.1. The van der Waals surface area contributed by atoms with Crippen molar-refractivity contribution in [2.24, 2.45) is 5.92 Å². The number of benzene rings is 1. The lowest BCUT2D eigenvalue weighted by molar-refractivity contribution is 0.514. The summed E-state index contributed by atoms with van der Waals surface area (Å²) >= 11 is 0. The molecule has 0 radical (unpaired) electrons. The highest BCUT2D eigenvalue weighted by molar-refractivity contribution is 5.81. The molecule has 23 heavy (non-hydrogen) atoms. The molecule has 0 aliphatic carbocycles. The van der Waals surface area contributed by atoms with Gasteiger partial charge in [-0.1, -0.05) is 13.8 Å². The van der Waals surface area contributed by atoms with Gasteiger partial charge in [0.2, 0.25) is 0 Å². The zero-order valence-electron chi connectivity index (χ0n) is 13.2. The summed E-state index contributed by atoms with van der Waals surface area (Å²) in [6.07, 6.45) is 2.81. The van der Waals surface area contributed by atoms with Crippen LogP contribution in [0.1, 0.15) is 19.5 Å². The number of nitrogen functional groups attached to an aromatic ring is 1. The molecule has 0 atom stereocenters. The Balaban J connectivity index is 2.12. The molecule has 0 bridgehead atoms. The molecule has 0 saturated heterocycles. The first-order valence-electron chi connectivity index (χ1n) is 7.53. The standard InChI is InChI=1S/C17H19FN4O/c1-11(2)8-22-14(6-12-5-13(18)3-4-16(12)22)9-21-10-20-7-15(19)17(21)23/h3-7,10-11H,8-9,19H2,1-2H3. The van der Waals surface area contributed by atoms with Crippen molar-refractivity contribution in [3.63, 3.8) is 0 Å². The topological polar surface area (TPSA) is 65.8 Å². The number of hydrogen-bond acceptors (Lipinski definition) is 3. The summed E-state index contributed by atoms with van der Waals surface area (Å²) in [5.41, 5.74) is 7.36. The van der Waals surface area contributed by atoms with Gasteiger partial charge in [0.1, 0.15) is 11.5 Å².